The Labute approximate surface area is 212 Å². The van der Waals surface area contributed by atoms with Crippen molar-refractivity contribution in [2.45, 2.75) is 58.6 Å². The van der Waals surface area contributed by atoms with Gasteiger partial charge in [-0.2, -0.15) is 0 Å². The topological polar surface area (TPSA) is 71.8 Å². The summed E-state index contributed by atoms with van der Waals surface area (Å²) in [6, 6.07) is 18.0. The van der Waals surface area contributed by atoms with Crippen molar-refractivity contribution in [3.05, 3.63) is 88.4 Å². The lowest BCUT2D eigenvalue weighted by atomic mass is 9.86. The van der Waals surface area contributed by atoms with Gasteiger partial charge in [-0.15, -0.1) is 0 Å². The van der Waals surface area contributed by atoms with Gasteiger partial charge < -0.3 is 19.4 Å². The van der Waals surface area contributed by atoms with Crippen LogP contribution in [-0.2, 0) is 17.8 Å². The molecule has 1 aliphatic heterocycles. The van der Waals surface area contributed by atoms with E-state index in [1.54, 1.807) is 12.1 Å². The molecule has 2 aliphatic rings. The van der Waals surface area contributed by atoms with E-state index in [0.717, 1.165) is 55.5 Å². The monoisotopic (exact) mass is 486 g/mol. The van der Waals surface area contributed by atoms with Crippen LogP contribution >= 0.6 is 0 Å². The van der Waals surface area contributed by atoms with E-state index in [1.165, 1.54) is 11.1 Å². The summed E-state index contributed by atoms with van der Waals surface area (Å²) in [7, 11) is 0. The lowest BCUT2D eigenvalue weighted by Crippen LogP contribution is -2.43. The summed E-state index contributed by atoms with van der Waals surface area (Å²) in [5.74, 6) is 1.77. The van der Waals surface area contributed by atoms with E-state index in [1.807, 2.05) is 13.0 Å². The number of nitrogens with zero attached hydrogens (tertiary/aromatic N) is 1. The average Bonchev–Trinajstić information content (AvgIpc) is 3.60. The molecule has 0 spiro atoms. The van der Waals surface area contributed by atoms with E-state index in [-0.39, 0.29) is 36.1 Å². The molecular formula is C30H34N2O4. The minimum Gasteiger partial charge on any atom is -0.486 e. The second-order valence-corrected chi connectivity index (χ2v) is 9.85. The summed E-state index contributed by atoms with van der Waals surface area (Å²) in [5, 5.41) is 2.73. The van der Waals surface area contributed by atoms with E-state index in [9.17, 15) is 9.59 Å². The van der Waals surface area contributed by atoms with E-state index in [2.05, 4.69) is 53.5 Å². The zero-order valence-electron chi connectivity index (χ0n) is 21.1. The number of fused-ring (bicyclic) bond motifs is 1. The van der Waals surface area contributed by atoms with Crippen molar-refractivity contribution in [1.82, 2.24) is 10.2 Å². The van der Waals surface area contributed by atoms with Gasteiger partial charge in [-0.1, -0.05) is 48.7 Å². The maximum absolute atomic E-state index is 13.6. The molecule has 6 nitrogen and oxygen atoms in total. The first-order chi connectivity index (χ1) is 17.5. The maximum Gasteiger partial charge on any atom is 0.286 e. The van der Waals surface area contributed by atoms with Crippen LogP contribution in [0.5, 0.6) is 5.75 Å². The fourth-order valence-corrected chi connectivity index (χ4v) is 5.42. The molecule has 188 valence electrons. The van der Waals surface area contributed by atoms with Crippen LogP contribution in [0.15, 0.2) is 59.0 Å². The van der Waals surface area contributed by atoms with Gasteiger partial charge in [0.1, 0.15) is 18.1 Å². The van der Waals surface area contributed by atoms with E-state index >= 15 is 0 Å². The summed E-state index contributed by atoms with van der Waals surface area (Å²) in [5.41, 5.74) is 4.70. The van der Waals surface area contributed by atoms with Gasteiger partial charge in [-0.3, -0.25) is 9.59 Å². The van der Waals surface area contributed by atoms with Crippen LogP contribution in [-0.4, -0.2) is 29.8 Å². The van der Waals surface area contributed by atoms with Crippen LogP contribution in [0.4, 0.5) is 0 Å². The molecule has 2 amide bonds. The van der Waals surface area contributed by atoms with Crippen LogP contribution in [0.3, 0.4) is 0 Å². The highest BCUT2D eigenvalue weighted by Gasteiger charge is 2.36. The first-order valence-corrected chi connectivity index (χ1v) is 13.0. The molecule has 5 rings (SSSR count). The Kier molecular flexibility index (Phi) is 7.12. The lowest BCUT2D eigenvalue weighted by Gasteiger charge is -2.39. The number of ether oxygens (including phenoxy) is 1. The van der Waals surface area contributed by atoms with Crippen molar-refractivity contribution in [2.75, 3.05) is 13.1 Å². The molecule has 2 heterocycles. The smallest absolute Gasteiger partial charge is 0.286 e. The first-order valence-electron chi connectivity index (χ1n) is 13.0. The summed E-state index contributed by atoms with van der Waals surface area (Å²) in [6.07, 6.45) is 5.11. The van der Waals surface area contributed by atoms with Crippen molar-refractivity contribution in [3.63, 3.8) is 0 Å². The number of hydrogen-bond acceptors (Lipinski definition) is 4. The molecule has 3 aromatic rings. The fraction of sp³-hybridized carbons (Fsp3) is 0.400. The van der Waals surface area contributed by atoms with E-state index in [0.29, 0.717) is 12.3 Å². The predicted molar refractivity (Wildman–Crippen MR) is 138 cm³/mol. The van der Waals surface area contributed by atoms with Crippen molar-refractivity contribution >= 4 is 11.8 Å². The fourth-order valence-electron chi connectivity index (χ4n) is 5.42. The van der Waals surface area contributed by atoms with Gasteiger partial charge in [-0.25, -0.2) is 0 Å². The Balaban J connectivity index is 1.40. The van der Waals surface area contributed by atoms with Gasteiger partial charge in [0.15, 0.2) is 5.76 Å². The third kappa shape index (κ3) is 5.03. The predicted octanol–water partition coefficient (Wildman–Crippen LogP) is 5.58. The molecule has 2 aromatic carbocycles. The molecular weight excluding hydrogens is 452 g/mol. The van der Waals surface area contributed by atoms with Crippen LogP contribution in [0, 0.1) is 12.8 Å². The largest absolute Gasteiger partial charge is 0.486 e. The molecule has 1 aliphatic carbocycles. The molecule has 6 heteroatoms. The van der Waals surface area contributed by atoms with Gasteiger partial charge in [0.2, 0.25) is 5.91 Å². The molecule has 1 N–H and O–H groups in total. The quantitative estimate of drug-likeness (QED) is 0.473. The number of furan rings is 1. The summed E-state index contributed by atoms with van der Waals surface area (Å²) in [6.45, 7) is 5.45. The Morgan fingerprint density at radius 1 is 1.06 bits per heavy atom. The average molecular weight is 487 g/mol. The van der Waals surface area contributed by atoms with Crippen molar-refractivity contribution in [3.8, 4) is 5.75 Å². The Morgan fingerprint density at radius 3 is 2.58 bits per heavy atom. The van der Waals surface area contributed by atoms with Gasteiger partial charge in [0.25, 0.3) is 5.91 Å². The Bertz CT molecular complexity index is 1220. The zero-order valence-corrected chi connectivity index (χ0v) is 21.1. The second-order valence-electron chi connectivity index (χ2n) is 9.85. The highest BCUT2D eigenvalue weighted by Crippen LogP contribution is 2.39. The molecule has 36 heavy (non-hydrogen) atoms. The molecule has 0 radical (unpaired) electrons. The Morgan fingerprint density at radius 2 is 1.83 bits per heavy atom. The van der Waals surface area contributed by atoms with Crippen LogP contribution in [0.2, 0.25) is 0 Å². The standard InChI is InChI=1S/C30H34N2O4/c1-3-31-29(33)27-15-14-25(36-27)19-35-24-13-12-21-16-17-32(30(34)23-6-4-5-7-23)28(26(21)18-24)22-10-8-20(2)9-11-22/h8-15,18,23,28H,3-7,16-17,19H2,1-2H3,(H,31,33)/t28-/m0/s1. The zero-order chi connectivity index (χ0) is 25.1. The molecule has 0 unspecified atom stereocenters. The number of benzene rings is 2. The van der Waals surface area contributed by atoms with Gasteiger partial charge in [-0.05, 0) is 74.1 Å². The molecule has 0 saturated heterocycles. The maximum atomic E-state index is 13.6. The normalized spacial score (nSPS) is 17.6. The third-order valence-electron chi connectivity index (χ3n) is 7.33. The molecule has 1 saturated carbocycles. The second kappa shape index (κ2) is 10.6. The summed E-state index contributed by atoms with van der Waals surface area (Å²) < 4.78 is 11.7. The highest BCUT2D eigenvalue weighted by molar-refractivity contribution is 5.91. The summed E-state index contributed by atoms with van der Waals surface area (Å²) in [4.78, 5) is 27.7. The SMILES string of the molecule is CCNC(=O)c1ccc(COc2ccc3c(c2)[C@H](c2ccc(C)cc2)N(C(=O)C2CCCC2)CC3)o1. The molecule has 1 atom stereocenters. The number of carbonyl (C=O) groups is 2. The number of nitrogens with one attached hydrogen (secondary N) is 1. The molecule has 0 bridgehead atoms. The number of amides is 2. The number of rotatable bonds is 7. The summed E-state index contributed by atoms with van der Waals surface area (Å²) >= 11 is 0. The minimum absolute atomic E-state index is 0.126. The van der Waals surface area contributed by atoms with Crippen LogP contribution in [0.1, 0.15) is 77.2 Å². The van der Waals surface area contributed by atoms with Crippen molar-refractivity contribution < 1.29 is 18.7 Å². The highest BCUT2D eigenvalue weighted by atomic mass is 16.5. The third-order valence-corrected chi connectivity index (χ3v) is 7.33. The van der Waals surface area contributed by atoms with Crippen molar-refractivity contribution in [2.24, 2.45) is 5.92 Å². The Hall–Kier alpha value is -3.54. The van der Waals surface area contributed by atoms with Crippen LogP contribution < -0.4 is 10.1 Å². The van der Waals surface area contributed by atoms with Gasteiger partial charge in [0, 0.05) is 19.0 Å². The number of aryl methyl sites for hydroxylation is 1. The van der Waals surface area contributed by atoms with Crippen LogP contribution in [0.25, 0.3) is 0 Å². The van der Waals surface area contributed by atoms with E-state index < -0.39 is 0 Å². The van der Waals surface area contributed by atoms with Gasteiger partial charge in [0.05, 0.1) is 6.04 Å². The van der Waals surface area contributed by atoms with Gasteiger partial charge >= 0.3 is 0 Å². The van der Waals surface area contributed by atoms with Crippen molar-refractivity contribution in [1.29, 1.82) is 0 Å². The minimum atomic E-state index is -0.231. The first kappa shape index (κ1) is 24.2. The van der Waals surface area contributed by atoms with E-state index in [4.69, 9.17) is 9.15 Å². The molecule has 1 fully saturated rings. The lowest BCUT2D eigenvalue weighted by molar-refractivity contribution is -0.137. The number of carbonyl (C=O) groups excluding carboxylic acids is 2. The molecule has 1 aromatic heterocycles. The number of hydrogen-bond donors (Lipinski definition) is 1.